The summed E-state index contributed by atoms with van der Waals surface area (Å²) in [5, 5.41) is 0. The maximum atomic E-state index is 5.07. The fourth-order valence-electron chi connectivity index (χ4n) is 0.277. The van der Waals surface area contributed by atoms with E-state index in [0.29, 0.717) is 5.92 Å². The summed E-state index contributed by atoms with van der Waals surface area (Å²) in [4.78, 5) is 0. The van der Waals surface area contributed by atoms with Gasteiger partial charge in [0.1, 0.15) is 0 Å². The van der Waals surface area contributed by atoms with Crippen LogP contribution in [0, 0.1) is 18.3 Å². The van der Waals surface area contributed by atoms with E-state index in [1.165, 1.54) is 0 Å². The molecule has 0 saturated carbocycles. The molecule has 1 atom stereocenters. The first-order valence-corrected chi connectivity index (χ1v) is 3.01. The predicted molar refractivity (Wildman–Crippen MR) is 36.5 cm³/mol. The van der Waals surface area contributed by atoms with Crippen LogP contribution in [0.4, 0.5) is 0 Å². The Balaban J connectivity index is 3.04. The third-order valence-corrected chi connectivity index (χ3v) is 1.10. The number of hydrogen-bond donors (Lipinski definition) is 1. The molecule has 0 heterocycles. The minimum absolute atomic E-state index is 0.400. The summed E-state index contributed by atoms with van der Waals surface area (Å²) < 4.78 is 0. The lowest BCUT2D eigenvalue weighted by molar-refractivity contribution is 0.733. The van der Waals surface area contributed by atoms with E-state index in [-0.39, 0.29) is 0 Å². The fraction of sp³-hybridized carbons (Fsp3) is 0.667. The Labute approximate surface area is 50.7 Å². The molecule has 0 amide bonds. The molecular weight excluding hydrogens is 104 g/mol. The second kappa shape index (κ2) is 4.08. The van der Waals surface area contributed by atoms with E-state index in [9.17, 15) is 0 Å². The average molecular weight is 114 g/mol. The first kappa shape index (κ1) is 6.91. The van der Waals surface area contributed by atoms with Crippen LogP contribution in [0.3, 0.4) is 0 Å². The van der Waals surface area contributed by atoms with Crippen molar-refractivity contribution < 1.29 is 0 Å². The minimum atomic E-state index is 0.400. The molecule has 1 unspecified atom stereocenters. The maximum Gasteiger partial charge on any atom is 0.0179 e. The Hall–Kier alpha value is -0.0900. The molecule has 0 N–H and O–H groups in total. The van der Waals surface area contributed by atoms with Gasteiger partial charge in [-0.05, 0) is 12.2 Å². The summed E-state index contributed by atoms with van der Waals surface area (Å²) >= 11 is 4.02. The molecule has 0 spiro atoms. The van der Waals surface area contributed by atoms with E-state index < -0.39 is 0 Å². The van der Waals surface area contributed by atoms with Crippen LogP contribution in [-0.4, -0.2) is 5.75 Å². The van der Waals surface area contributed by atoms with Crippen LogP contribution in [0.1, 0.15) is 13.3 Å². The molecule has 0 aliphatic heterocycles. The van der Waals surface area contributed by atoms with Crippen molar-refractivity contribution in [2.45, 2.75) is 13.3 Å². The number of thiol groups is 1. The molecule has 0 aromatic carbocycles. The molecule has 0 aromatic rings. The Bertz CT molecular complexity index is 70.7. The fourth-order valence-corrected chi connectivity index (χ4v) is 0.664. The van der Waals surface area contributed by atoms with Crippen molar-refractivity contribution in [3.8, 4) is 12.3 Å². The van der Waals surface area contributed by atoms with Gasteiger partial charge in [-0.1, -0.05) is 6.92 Å². The third kappa shape index (κ3) is 3.75. The summed E-state index contributed by atoms with van der Waals surface area (Å²) in [5.74, 6) is 3.91. The van der Waals surface area contributed by atoms with Crippen molar-refractivity contribution in [3.63, 3.8) is 0 Å². The molecule has 0 fully saturated rings. The lowest BCUT2D eigenvalue weighted by Crippen LogP contribution is -1.88. The topological polar surface area (TPSA) is 0 Å². The first-order chi connectivity index (χ1) is 3.31. The van der Waals surface area contributed by atoms with Crippen LogP contribution in [0.2, 0.25) is 0 Å². The molecule has 0 aliphatic rings. The zero-order chi connectivity index (χ0) is 5.70. The lowest BCUT2D eigenvalue weighted by atomic mass is 10.1. The number of terminal acetylenes is 1. The zero-order valence-electron chi connectivity index (χ0n) is 4.52. The quantitative estimate of drug-likeness (QED) is 0.409. The van der Waals surface area contributed by atoms with Gasteiger partial charge in [0.15, 0.2) is 0 Å². The Kier molecular flexibility index (Phi) is 4.03. The van der Waals surface area contributed by atoms with Gasteiger partial charge in [-0.2, -0.15) is 12.6 Å². The minimum Gasteiger partial charge on any atom is -0.179 e. The highest BCUT2D eigenvalue weighted by Gasteiger charge is 1.90. The summed E-state index contributed by atoms with van der Waals surface area (Å²) in [6.45, 7) is 2.02. The normalized spacial score (nSPS) is 12.7. The molecule has 0 radical (unpaired) electrons. The number of rotatable bonds is 2. The average Bonchev–Trinajstić information content (AvgIpc) is 1.68. The van der Waals surface area contributed by atoms with Gasteiger partial charge in [-0.15, -0.1) is 12.3 Å². The Morgan fingerprint density at radius 1 is 1.86 bits per heavy atom. The van der Waals surface area contributed by atoms with Crippen molar-refractivity contribution >= 4 is 12.6 Å². The first-order valence-electron chi connectivity index (χ1n) is 2.38. The zero-order valence-corrected chi connectivity index (χ0v) is 5.41. The van der Waals surface area contributed by atoms with Gasteiger partial charge in [-0.3, -0.25) is 0 Å². The van der Waals surface area contributed by atoms with Gasteiger partial charge in [0.05, 0.1) is 0 Å². The summed E-state index contributed by atoms with van der Waals surface area (Å²) in [7, 11) is 0. The molecule has 0 aromatic heterocycles. The standard InChI is InChI=1S/C6H10S/c1-3-6(2)4-5-7/h1,6-7H,4-5H2,2H3. The van der Waals surface area contributed by atoms with Crippen LogP contribution >= 0.6 is 12.6 Å². The van der Waals surface area contributed by atoms with Gasteiger partial charge in [0, 0.05) is 5.92 Å². The molecule has 7 heavy (non-hydrogen) atoms. The van der Waals surface area contributed by atoms with Crippen LogP contribution in [0.15, 0.2) is 0 Å². The summed E-state index contributed by atoms with van der Waals surface area (Å²) in [6, 6.07) is 0. The highest BCUT2D eigenvalue weighted by molar-refractivity contribution is 7.80. The monoisotopic (exact) mass is 114 g/mol. The van der Waals surface area contributed by atoms with E-state index in [4.69, 9.17) is 6.42 Å². The molecular formula is C6H10S. The van der Waals surface area contributed by atoms with E-state index in [0.717, 1.165) is 12.2 Å². The van der Waals surface area contributed by atoms with E-state index in [1.807, 2.05) is 6.92 Å². The van der Waals surface area contributed by atoms with Crippen molar-refractivity contribution in [1.82, 2.24) is 0 Å². The van der Waals surface area contributed by atoms with Crippen molar-refractivity contribution in [2.75, 3.05) is 5.75 Å². The van der Waals surface area contributed by atoms with Gasteiger partial charge >= 0.3 is 0 Å². The van der Waals surface area contributed by atoms with Crippen LogP contribution in [-0.2, 0) is 0 Å². The highest BCUT2D eigenvalue weighted by atomic mass is 32.1. The summed E-state index contributed by atoms with van der Waals surface area (Å²) in [5.41, 5.74) is 0. The van der Waals surface area contributed by atoms with E-state index in [1.54, 1.807) is 0 Å². The molecule has 0 aliphatic carbocycles. The molecule has 1 heteroatoms. The largest absolute Gasteiger partial charge is 0.179 e. The molecule has 0 saturated heterocycles. The van der Waals surface area contributed by atoms with Crippen LogP contribution in [0.5, 0.6) is 0 Å². The SMILES string of the molecule is C#CC(C)CCS. The van der Waals surface area contributed by atoms with Gasteiger partial charge < -0.3 is 0 Å². The van der Waals surface area contributed by atoms with E-state index >= 15 is 0 Å². The van der Waals surface area contributed by atoms with Crippen LogP contribution < -0.4 is 0 Å². The van der Waals surface area contributed by atoms with Gasteiger partial charge in [0.2, 0.25) is 0 Å². The van der Waals surface area contributed by atoms with Crippen molar-refractivity contribution in [2.24, 2.45) is 5.92 Å². The summed E-state index contributed by atoms with van der Waals surface area (Å²) in [6.07, 6.45) is 6.10. The van der Waals surface area contributed by atoms with Gasteiger partial charge in [-0.25, -0.2) is 0 Å². The van der Waals surface area contributed by atoms with Gasteiger partial charge in [0.25, 0.3) is 0 Å². The molecule has 0 bridgehead atoms. The van der Waals surface area contributed by atoms with E-state index in [2.05, 4.69) is 18.5 Å². The van der Waals surface area contributed by atoms with Crippen LogP contribution in [0.25, 0.3) is 0 Å². The molecule has 40 valence electrons. The third-order valence-electron chi connectivity index (χ3n) is 0.847. The van der Waals surface area contributed by atoms with Crippen molar-refractivity contribution in [3.05, 3.63) is 0 Å². The highest BCUT2D eigenvalue weighted by Crippen LogP contribution is 1.98. The second-order valence-corrected chi connectivity index (χ2v) is 2.03. The molecule has 0 nitrogen and oxygen atoms in total. The predicted octanol–water partition coefficient (Wildman–Crippen LogP) is 1.58. The Morgan fingerprint density at radius 3 is 2.57 bits per heavy atom. The smallest absolute Gasteiger partial charge is 0.0179 e. The Morgan fingerprint density at radius 2 is 2.43 bits per heavy atom. The van der Waals surface area contributed by atoms with Crippen molar-refractivity contribution in [1.29, 1.82) is 0 Å². The molecule has 0 rings (SSSR count). The lowest BCUT2D eigenvalue weighted by Gasteiger charge is -1.95. The maximum absolute atomic E-state index is 5.07. The number of hydrogen-bond acceptors (Lipinski definition) is 1. The second-order valence-electron chi connectivity index (χ2n) is 1.58.